The Morgan fingerprint density at radius 2 is 1.83 bits per heavy atom. The monoisotopic (exact) mass is 230 g/mol. The van der Waals surface area contributed by atoms with Gasteiger partial charge in [-0.25, -0.2) is 0 Å². The molecule has 0 aliphatic heterocycles. The van der Waals surface area contributed by atoms with E-state index in [2.05, 4.69) is 0 Å². The van der Waals surface area contributed by atoms with Crippen LogP contribution in [0.5, 0.6) is 0 Å². The van der Waals surface area contributed by atoms with Crippen LogP contribution in [0.15, 0.2) is 0 Å². The fourth-order valence-electron chi connectivity index (χ4n) is 0. The third-order valence-electron chi connectivity index (χ3n) is 0.106. The Kier molecular flexibility index (Phi) is 3.29. The molecule has 0 amide bonds. The summed E-state index contributed by atoms with van der Waals surface area (Å²) in [5, 5.41) is 0. The maximum atomic E-state index is 9.74. The van der Waals surface area contributed by atoms with Crippen molar-refractivity contribution in [3.05, 3.63) is 0 Å². The van der Waals surface area contributed by atoms with Crippen molar-refractivity contribution in [1.82, 2.24) is 0 Å². The van der Waals surface area contributed by atoms with Gasteiger partial charge in [-0.2, -0.15) is 0 Å². The van der Waals surface area contributed by atoms with Crippen molar-refractivity contribution in [2.45, 2.75) is 0 Å². The molecule has 0 saturated heterocycles. The van der Waals surface area contributed by atoms with Crippen molar-refractivity contribution in [2.24, 2.45) is 0 Å². The molecule has 0 aromatic heterocycles. The van der Waals surface area contributed by atoms with E-state index in [9.17, 15) is 4.57 Å². The van der Waals surface area contributed by atoms with Gasteiger partial charge in [0, 0.05) is 0 Å². The molecule has 6 heteroatoms. The molecule has 0 rings (SSSR count). The topological polar surface area (TPSA) is 57.5 Å². The van der Waals surface area contributed by atoms with E-state index in [0.29, 0.717) is 0 Å². The van der Waals surface area contributed by atoms with Gasteiger partial charge in [-0.15, -0.1) is 0 Å². The molecule has 0 saturated carbocycles. The molecular weight excluding hydrogens is 226 g/mol. The summed E-state index contributed by atoms with van der Waals surface area (Å²) in [5.74, 6) is 0. The summed E-state index contributed by atoms with van der Waals surface area (Å²) in [6.07, 6.45) is 0. The van der Waals surface area contributed by atoms with E-state index >= 15 is 0 Å². The summed E-state index contributed by atoms with van der Waals surface area (Å²) < 4.78 is 9.74. The first kappa shape index (κ1) is 7.42. The minimum absolute atomic E-state index is 1.08. The van der Waals surface area contributed by atoms with E-state index < -0.39 is 21.3 Å². The van der Waals surface area contributed by atoms with Gasteiger partial charge >= 0.3 is 50.3 Å². The molecule has 0 aliphatic rings. The zero-order chi connectivity index (χ0) is 5.21. The van der Waals surface area contributed by atoms with Crippen LogP contribution in [0.25, 0.3) is 0 Å². The van der Waals surface area contributed by atoms with Crippen molar-refractivity contribution in [3.63, 3.8) is 0 Å². The van der Waals surface area contributed by atoms with Crippen LogP contribution >= 0.6 is 5.69 Å². The van der Waals surface area contributed by atoms with Crippen LogP contribution in [0, 0.1) is 0 Å². The standard InChI is InChI=1S/Mo.HO3P.V/c;1-4(2)3;/h;(H-,1,2,3);/q-1;;/p+1. The zero-order valence-electron chi connectivity index (χ0n) is 2.61. The van der Waals surface area contributed by atoms with E-state index in [-0.39, 0.29) is 0 Å². The Labute approximate surface area is 50.3 Å². The summed E-state index contributed by atoms with van der Waals surface area (Å²) in [6, 6.07) is 0. The van der Waals surface area contributed by atoms with Crippen molar-refractivity contribution in [1.29, 1.82) is 0 Å². The molecule has 0 atom stereocenters. The number of rotatable bonds is 1. The second kappa shape index (κ2) is 2.66. The third-order valence-corrected chi connectivity index (χ3v) is 7.78. The first-order valence-corrected chi connectivity index (χ1v) is 9.44. The number of hydrogen-bond acceptors (Lipinski definition) is 1. The summed E-state index contributed by atoms with van der Waals surface area (Å²) in [4.78, 5) is 16.0. The average Bonchev–Trinajstić information content (AvgIpc) is 1.35. The van der Waals surface area contributed by atoms with E-state index in [1.165, 1.54) is 0 Å². The molecular formula is H2MoO3PV. The molecule has 0 aliphatic carbocycles. The van der Waals surface area contributed by atoms with Gasteiger partial charge in [-0.1, -0.05) is 0 Å². The second-order valence-corrected chi connectivity index (χ2v) is 11.0. The Morgan fingerprint density at radius 3 is 1.83 bits per heavy atom. The predicted octanol–water partition coefficient (Wildman–Crippen LogP) is -0.377. The van der Waals surface area contributed by atoms with E-state index in [1.54, 1.807) is 0 Å². The van der Waals surface area contributed by atoms with Crippen LogP contribution < -0.4 is 0 Å². The summed E-state index contributed by atoms with van der Waals surface area (Å²) in [6.45, 7) is 0. The predicted molar refractivity (Wildman–Crippen MR) is 12.0 cm³/mol. The van der Waals surface area contributed by atoms with Gasteiger partial charge in [0.1, 0.15) is 0 Å². The quantitative estimate of drug-likeness (QED) is 0.475. The molecule has 0 aromatic rings. The van der Waals surface area contributed by atoms with Crippen LogP contribution in [0.1, 0.15) is 0 Å². The summed E-state index contributed by atoms with van der Waals surface area (Å²) in [7, 11) is 0. The van der Waals surface area contributed by atoms with Crippen molar-refractivity contribution < 1.29 is 44.6 Å². The molecule has 3 nitrogen and oxygen atoms in total. The van der Waals surface area contributed by atoms with E-state index in [1.807, 2.05) is 14.6 Å². The molecule has 0 heterocycles. The summed E-state index contributed by atoms with van der Waals surface area (Å²) in [5.41, 5.74) is -3.54. The third kappa shape index (κ3) is 5.42. The Balaban J connectivity index is 3.48. The normalized spacial score (nSPS) is 11.7. The van der Waals surface area contributed by atoms with Crippen LogP contribution in [-0.2, 0) is 34.9 Å². The first-order valence-electron chi connectivity index (χ1n) is 0.948. The van der Waals surface area contributed by atoms with Crippen LogP contribution in [0.4, 0.5) is 0 Å². The minimum atomic E-state index is -3.54. The van der Waals surface area contributed by atoms with Gasteiger partial charge in [0.05, 0.1) is 0 Å². The maximum absolute atomic E-state index is 9.74. The molecule has 0 bridgehead atoms. The van der Waals surface area contributed by atoms with Gasteiger partial charge in [0.25, 0.3) is 0 Å². The molecule has 6 heavy (non-hydrogen) atoms. The average molecular weight is 228 g/mol. The zero-order valence-corrected chi connectivity index (χ0v) is 6.90. The van der Waals surface area contributed by atoms with Gasteiger partial charge in [0.15, 0.2) is 0 Å². The summed E-state index contributed by atoms with van der Waals surface area (Å²) >= 11 is 0.884. The van der Waals surface area contributed by atoms with Crippen molar-refractivity contribution in [3.8, 4) is 0 Å². The Morgan fingerprint density at radius 1 is 1.67 bits per heavy atom. The van der Waals surface area contributed by atoms with Crippen LogP contribution in [0.3, 0.4) is 0 Å². The Hall–Kier alpha value is 1.42. The van der Waals surface area contributed by atoms with Gasteiger partial charge < -0.3 is 0 Å². The fourth-order valence-corrected chi connectivity index (χ4v) is 0. The molecule has 0 unspecified atom stereocenters. The van der Waals surface area contributed by atoms with Crippen molar-refractivity contribution >= 4 is 5.69 Å². The fraction of sp³-hybridized carbons (Fsp3) is 0. The van der Waals surface area contributed by atoms with E-state index in [0.717, 1.165) is 0 Å². The molecule has 0 aromatic carbocycles. The number of hydrogen-bond donors (Lipinski definition) is 2. The molecule has 2 N–H and O–H groups in total. The van der Waals surface area contributed by atoms with Gasteiger partial charge in [-0.3, -0.25) is 0 Å². The Bertz CT molecular complexity index is 74.9. The van der Waals surface area contributed by atoms with Gasteiger partial charge in [-0.05, 0) is 0 Å². The van der Waals surface area contributed by atoms with Gasteiger partial charge in [0.2, 0.25) is 0 Å². The second-order valence-electron chi connectivity index (χ2n) is 0.572. The van der Waals surface area contributed by atoms with Crippen molar-refractivity contribution in [2.75, 3.05) is 0 Å². The molecule has 0 spiro atoms. The molecule has 36 valence electrons. The van der Waals surface area contributed by atoms with Crippen LogP contribution in [-0.4, -0.2) is 9.79 Å². The molecule has 0 fully saturated rings. The first-order chi connectivity index (χ1) is 2.56. The van der Waals surface area contributed by atoms with Crippen LogP contribution in [0.2, 0.25) is 0 Å². The van der Waals surface area contributed by atoms with E-state index in [4.69, 9.17) is 9.79 Å². The SMILES string of the molecule is O=[P](O)(O)[Mo][V]. The molecule has 0 radical (unpaired) electrons.